The monoisotopic (exact) mass is 654 g/mol. The molecule has 3 saturated heterocycles. The minimum Gasteiger partial charge on any atom is -0.456 e. The largest absolute Gasteiger partial charge is 0.456 e. The number of benzene rings is 1. The molecule has 5 heterocycles. The zero-order chi connectivity index (χ0) is 31.2. The lowest BCUT2D eigenvalue weighted by Gasteiger charge is -2.19. The van der Waals surface area contributed by atoms with E-state index in [1.807, 2.05) is 24.3 Å². The molecule has 0 bridgehead atoms. The van der Waals surface area contributed by atoms with Crippen LogP contribution in [0.15, 0.2) is 30.3 Å². The zero-order valence-corrected chi connectivity index (χ0v) is 26.8. The molecular formula is C30H38ClF3N4O5Si. The van der Waals surface area contributed by atoms with Crippen molar-refractivity contribution in [2.45, 2.75) is 75.3 Å². The van der Waals surface area contributed by atoms with Crippen molar-refractivity contribution >= 4 is 30.8 Å². The van der Waals surface area contributed by atoms with Crippen molar-refractivity contribution in [2.75, 3.05) is 39.5 Å². The molecule has 240 valence electrons. The van der Waals surface area contributed by atoms with E-state index < -0.39 is 45.2 Å². The van der Waals surface area contributed by atoms with Crippen molar-refractivity contribution in [3.8, 4) is 17.3 Å². The van der Waals surface area contributed by atoms with Gasteiger partial charge in [0.15, 0.2) is 11.8 Å². The molecule has 14 heteroatoms. The predicted octanol–water partition coefficient (Wildman–Crippen LogP) is 5.32. The molecule has 1 aromatic carbocycles. The second-order valence-electron chi connectivity index (χ2n) is 13.1. The summed E-state index contributed by atoms with van der Waals surface area (Å²) in [7, 11) is -1.30. The average molecular weight is 655 g/mol. The maximum Gasteiger partial charge on any atom is 0.401 e. The number of aliphatic hydroxyl groups is 1. The smallest absolute Gasteiger partial charge is 0.401 e. The fourth-order valence-corrected chi connectivity index (χ4v) is 7.06. The Bertz CT molecular complexity index is 1470. The normalized spacial score (nSPS) is 26.1. The highest BCUT2D eigenvalue weighted by atomic mass is 35.5. The lowest BCUT2D eigenvalue weighted by Crippen LogP contribution is -2.35. The summed E-state index contributed by atoms with van der Waals surface area (Å²) in [6, 6.07) is 10.8. The Labute approximate surface area is 260 Å². The number of hydrogen-bond acceptors (Lipinski definition) is 8. The molecule has 2 aromatic heterocycles. The fourth-order valence-electron chi connectivity index (χ4n) is 6.05. The third-order valence-electron chi connectivity index (χ3n) is 8.45. The third-order valence-corrected chi connectivity index (χ3v) is 10.4. The number of imidazole rings is 1. The van der Waals surface area contributed by atoms with Gasteiger partial charge in [0.05, 0.1) is 36.0 Å². The summed E-state index contributed by atoms with van der Waals surface area (Å²) in [6.07, 6.45) is -5.52. The van der Waals surface area contributed by atoms with Crippen LogP contribution >= 0.6 is 11.6 Å². The zero-order valence-electron chi connectivity index (χ0n) is 25.0. The SMILES string of the molecule is C[Si](C)(C)CCOCn1c(O[C@@H]2CO[C@H]3[C@@H]2OC[C@H]3O)nc2nc(-c3ccc(C4CCN(CC(F)(F)F)C4)cc3)c(Cl)cc21. The number of pyridine rings is 1. The van der Waals surface area contributed by atoms with Crippen LogP contribution < -0.4 is 4.74 Å². The predicted molar refractivity (Wildman–Crippen MR) is 162 cm³/mol. The van der Waals surface area contributed by atoms with Crippen LogP contribution in [0.25, 0.3) is 22.4 Å². The minimum atomic E-state index is -4.20. The average Bonchev–Trinajstić information content (AvgIpc) is 3.72. The second kappa shape index (κ2) is 12.5. The van der Waals surface area contributed by atoms with Crippen molar-refractivity contribution in [2.24, 2.45) is 0 Å². The maximum atomic E-state index is 12.8. The summed E-state index contributed by atoms with van der Waals surface area (Å²) >= 11 is 6.79. The summed E-state index contributed by atoms with van der Waals surface area (Å²) in [6.45, 7) is 8.03. The number of aliphatic hydroxyl groups excluding tert-OH is 1. The molecule has 3 aromatic rings. The summed E-state index contributed by atoms with van der Waals surface area (Å²) in [5.74, 6) is 0.0396. The number of fused-ring (bicyclic) bond motifs is 2. The number of aromatic nitrogens is 3. The van der Waals surface area contributed by atoms with Crippen molar-refractivity contribution in [3.05, 3.63) is 40.9 Å². The van der Waals surface area contributed by atoms with Crippen molar-refractivity contribution in [3.63, 3.8) is 0 Å². The number of ether oxygens (including phenoxy) is 4. The molecule has 1 N–H and O–H groups in total. The number of nitrogens with zero attached hydrogens (tertiary/aromatic N) is 4. The van der Waals surface area contributed by atoms with Gasteiger partial charge in [0, 0.05) is 26.8 Å². The Kier molecular flexibility index (Phi) is 9.01. The van der Waals surface area contributed by atoms with Crippen molar-refractivity contribution in [1.29, 1.82) is 0 Å². The van der Waals surface area contributed by atoms with Crippen LogP contribution in [0, 0.1) is 0 Å². The van der Waals surface area contributed by atoms with Crippen LogP contribution in [0.3, 0.4) is 0 Å². The molecule has 44 heavy (non-hydrogen) atoms. The third kappa shape index (κ3) is 7.09. The fraction of sp³-hybridized carbons (Fsp3) is 0.600. The number of likely N-dealkylation sites (tertiary alicyclic amines) is 1. The Morgan fingerprint density at radius 3 is 2.57 bits per heavy atom. The number of alkyl halides is 3. The number of rotatable bonds is 10. The summed E-state index contributed by atoms with van der Waals surface area (Å²) in [5.41, 5.74) is 3.38. The molecule has 0 saturated carbocycles. The van der Waals surface area contributed by atoms with Gasteiger partial charge in [-0.1, -0.05) is 55.5 Å². The molecule has 5 atom stereocenters. The van der Waals surface area contributed by atoms with Gasteiger partial charge in [-0.15, -0.1) is 0 Å². The highest BCUT2D eigenvalue weighted by Crippen LogP contribution is 2.36. The molecule has 0 radical (unpaired) electrons. The van der Waals surface area contributed by atoms with E-state index in [4.69, 9.17) is 40.5 Å². The second-order valence-corrected chi connectivity index (χ2v) is 19.1. The maximum absolute atomic E-state index is 12.8. The van der Waals surface area contributed by atoms with E-state index in [2.05, 4.69) is 19.6 Å². The standard InChI is InChI=1S/C30H38ClF3N4O5Si/c1-44(2,3)11-10-40-17-38-22-12-21(31)25(19-6-4-18(5-7-19)20-8-9-37(13-20)16-30(32,33)34)35-28(22)36-29(38)43-24-15-42-26-23(39)14-41-27(24)26/h4-7,12,20,23-24,26-27,39H,8-11,13-17H2,1-3H3/t20?,23-,24-,26-,27-/m1/s1. The van der Waals surface area contributed by atoms with Crippen molar-refractivity contribution in [1.82, 2.24) is 19.4 Å². The van der Waals surface area contributed by atoms with Crippen LogP contribution in [0.2, 0.25) is 30.7 Å². The lowest BCUT2D eigenvalue weighted by atomic mass is 9.96. The molecule has 1 unspecified atom stereocenters. The van der Waals surface area contributed by atoms with Crippen molar-refractivity contribution < 1.29 is 37.2 Å². The molecule has 0 spiro atoms. The molecule has 9 nitrogen and oxygen atoms in total. The summed E-state index contributed by atoms with van der Waals surface area (Å²) < 4.78 is 64.2. The van der Waals surface area contributed by atoms with E-state index in [1.54, 1.807) is 10.6 Å². The molecule has 3 aliphatic rings. The molecular weight excluding hydrogens is 617 g/mol. The molecule has 0 aliphatic carbocycles. The Hall–Kier alpha value is -2.26. The molecule has 3 aliphatic heterocycles. The first kappa shape index (κ1) is 31.7. The van der Waals surface area contributed by atoms with Crippen LogP contribution in [-0.2, 0) is 20.9 Å². The van der Waals surface area contributed by atoms with Crippen LogP contribution in [0.1, 0.15) is 17.9 Å². The first-order chi connectivity index (χ1) is 20.8. The topological polar surface area (TPSA) is 91.1 Å². The van der Waals surface area contributed by atoms with E-state index in [1.165, 1.54) is 4.90 Å². The van der Waals surface area contributed by atoms with E-state index in [0.29, 0.717) is 54.0 Å². The van der Waals surface area contributed by atoms with Gasteiger partial charge in [0.25, 0.3) is 0 Å². The van der Waals surface area contributed by atoms with Gasteiger partial charge < -0.3 is 24.1 Å². The van der Waals surface area contributed by atoms with Gasteiger partial charge in [0.1, 0.15) is 25.0 Å². The molecule has 3 fully saturated rings. The molecule has 0 amide bonds. The number of halogens is 4. The lowest BCUT2D eigenvalue weighted by molar-refractivity contribution is -0.143. The summed E-state index contributed by atoms with van der Waals surface area (Å²) in [5, 5.41) is 10.6. The number of hydrogen-bond donors (Lipinski definition) is 1. The van der Waals surface area contributed by atoms with E-state index >= 15 is 0 Å². The van der Waals surface area contributed by atoms with E-state index in [-0.39, 0.29) is 25.9 Å². The highest BCUT2D eigenvalue weighted by Gasteiger charge is 2.49. The molecule has 6 rings (SSSR count). The Morgan fingerprint density at radius 1 is 1.09 bits per heavy atom. The minimum absolute atomic E-state index is 0.0396. The van der Waals surface area contributed by atoms with E-state index in [0.717, 1.165) is 17.2 Å². The van der Waals surface area contributed by atoms with Crippen LogP contribution in [0.5, 0.6) is 6.01 Å². The first-order valence-electron chi connectivity index (χ1n) is 15.0. The Morgan fingerprint density at radius 2 is 1.84 bits per heavy atom. The first-order valence-corrected chi connectivity index (χ1v) is 19.0. The van der Waals surface area contributed by atoms with Crippen LogP contribution in [0.4, 0.5) is 13.2 Å². The van der Waals surface area contributed by atoms with Gasteiger partial charge >= 0.3 is 12.2 Å². The van der Waals surface area contributed by atoms with Gasteiger partial charge in [-0.25, -0.2) is 4.98 Å². The van der Waals surface area contributed by atoms with Gasteiger partial charge in [0.2, 0.25) is 0 Å². The van der Waals surface area contributed by atoms with Gasteiger partial charge in [-0.2, -0.15) is 18.2 Å². The van der Waals surface area contributed by atoms with Crippen LogP contribution in [-0.4, -0.2) is 103 Å². The van der Waals surface area contributed by atoms with E-state index in [9.17, 15) is 18.3 Å². The highest BCUT2D eigenvalue weighted by molar-refractivity contribution is 6.76. The quantitative estimate of drug-likeness (QED) is 0.232. The Balaban J connectivity index is 1.23. The summed E-state index contributed by atoms with van der Waals surface area (Å²) in [4.78, 5) is 11.0. The van der Waals surface area contributed by atoms with Gasteiger partial charge in [-0.3, -0.25) is 9.47 Å². The van der Waals surface area contributed by atoms with Gasteiger partial charge in [-0.05, 0) is 36.6 Å².